The van der Waals surface area contributed by atoms with Crippen LogP contribution in [0.15, 0.2) is 24.3 Å². The summed E-state index contributed by atoms with van der Waals surface area (Å²) in [6, 6.07) is 6.52. The Morgan fingerprint density at radius 3 is 2.58 bits per heavy atom. The number of nitrogens with zero attached hydrogens (tertiary/aromatic N) is 1. The van der Waals surface area contributed by atoms with Crippen LogP contribution in [0.1, 0.15) is 38.4 Å². The summed E-state index contributed by atoms with van der Waals surface area (Å²) >= 11 is 0. The highest BCUT2D eigenvalue weighted by atomic mass is 19.1. The van der Waals surface area contributed by atoms with Gasteiger partial charge in [0.15, 0.2) is 0 Å². The molecule has 2 unspecified atom stereocenters. The Balaban J connectivity index is 1.92. The number of piperidine rings is 1. The van der Waals surface area contributed by atoms with Crippen molar-refractivity contribution in [3.8, 4) is 0 Å². The SMILES string of the molecule is CC1CCN(CC(C)C(O)c2ccccc2F)CC1. The maximum absolute atomic E-state index is 13.7. The van der Waals surface area contributed by atoms with Gasteiger partial charge in [-0.3, -0.25) is 0 Å². The molecule has 1 aromatic carbocycles. The van der Waals surface area contributed by atoms with E-state index >= 15 is 0 Å². The maximum Gasteiger partial charge on any atom is 0.129 e. The summed E-state index contributed by atoms with van der Waals surface area (Å²) in [4.78, 5) is 2.38. The molecule has 1 aromatic rings. The quantitative estimate of drug-likeness (QED) is 0.903. The number of rotatable bonds is 4. The highest BCUT2D eigenvalue weighted by Crippen LogP contribution is 2.26. The molecule has 0 spiro atoms. The van der Waals surface area contributed by atoms with Crippen molar-refractivity contribution in [1.29, 1.82) is 0 Å². The Morgan fingerprint density at radius 1 is 1.32 bits per heavy atom. The van der Waals surface area contributed by atoms with Crippen molar-refractivity contribution in [1.82, 2.24) is 4.90 Å². The van der Waals surface area contributed by atoms with Crippen LogP contribution in [0.5, 0.6) is 0 Å². The fourth-order valence-electron chi connectivity index (χ4n) is 2.77. The molecule has 1 saturated heterocycles. The van der Waals surface area contributed by atoms with Crippen molar-refractivity contribution >= 4 is 0 Å². The molecule has 19 heavy (non-hydrogen) atoms. The van der Waals surface area contributed by atoms with Gasteiger partial charge in [-0.1, -0.05) is 32.0 Å². The second-order valence-corrected chi connectivity index (χ2v) is 5.93. The van der Waals surface area contributed by atoms with Crippen molar-refractivity contribution in [3.05, 3.63) is 35.6 Å². The first-order valence-corrected chi connectivity index (χ1v) is 7.22. The highest BCUT2D eigenvalue weighted by Gasteiger charge is 2.23. The van der Waals surface area contributed by atoms with E-state index in [4.69, 9.17) is 0 Å². The van der Waals surface area contributed by atoms with Crippen LogP contribution in [-0.2, 0) is 0 Å². The van der Waals surface area contributed by atoms with Crippen LogP contribution in [0, 0.1) is 17.7 Å². The van der Waals surface area contributed by atoms with E-state index in [1.165, 1.54) is 18.9 Å². The first-order chi connectivity index (χ1) is 9.08. The molecule has 0 radical (unpaired) electrons. The first-order valence-electron chi connectivity index (χ1n) is 7.22. The van der Waals surface area contributed by atoms with Crippen molar-refractivity contribution in [3.63, 3.8) is 0 Å². The fourth-order valence-corrected chi connectivity index (χ4v) is 2.77. The van der Waals surface area contributed by atoms with Crippen LogP contribution >= 0.6 is 0 Å². The lowest BCUT2D eigenvalue weighted by Crippen LogP contribution is -2.37. The highest BCUT2D eigenvalue weighted by molar-refractivity contribution is 5.20. The van der Waals surface area contributed by atoms with Gasteiger partial charge in [-0.2, -0.15) is 0 Å². The molecular weight excluding hydrogens is 241 g/mol. The minimum absolute atomic E-state index is 0.0466. The molecule has 0 saturated carbocycles. The zero-order valence-corrected chi connectivity index (χ0v) is 11.8. The third kappa shape index (κ3) is 3.77. The van der Waals surface area contributed by atoms with Crippen LogP contribution in [0.25, 0.3) is 0 Å². The van der Waals surface area contributed by atoms with Crippen LogP contribution in [0.2, 0.25) is 0 Å². The van der Waals surface area contributed by atoms with E-state index in [1.807, 2.05) is 6.92 Å². The van der Waals surface area contributed by atoms with Crippen LogP contribution in [-0.4, -0.2) is 29.6 Å². The summed E-state index contributed by atoms with van der Waals surface area (Å²) in [6.45, 7) is 7.30. The molecule has 0 bridgehead atoms. The number of benzene rings is 1. The van der Waals surface area contributed by atoms with E-state index in [0.717, 1.165) is 25.6 Å². The van der Waals surface area contributed by atoms with E-state index in [2.05, 4.69) is 11.8 Å². The molecule has 1 N–H and O–H groups in total. The van der Waals surface area contributed by atoms with E-state index in [1.54, 1.807) is 18.2 Å². The number of likely N-dealkylation sites (tertiary alicyclic amines) is 1. The molecule has 1 fully saturated rings. The average Bonchev–Trinajstić information content (AvgIpc) is 2.41. The molecule has 1 aliphatic heterocycles. The van der Waals surface area contributed by atoms with Crippen molar-refractivity contribution in [2.75, 3.05) is 19.6 Å². The summed E-state index contributed by atoms with van der Waals surface area (Å²) in [5.74, 6) is 0.544. The molecular formula is C16H24FNO. The van der Waals surface area contributed by atoms with Gasteiger partial charge in [0.05, 0.1) is 6.10 Å². The van der Waals surface area contributed by atoms with Gasteiger partial charge in [0, 0.05) is 12.1 Å². The smallest absolute Gasteiger partial charge is 0.129 e. The number of hydrogen-bond donors (Lipinski definition) is 1. The van der Waals surface area contributed by atoms with Gasteiger partial charge in [0.1, 0.15) is 5.82 Å². The van der Waals surface area contributed by atoms with E-state index < -0.39 is 6.10 Å². The Kier molecular flexibility index (Phi) is 4.94. The largest absolute Gasteiger partial charge is 0.388 e. The molecule has 1 aliphatic rings. The number of halogens is 1. The molecule has 2 nitrogen and oxygen atoms in total. The summed E-state index contributed by atoms with van der Waals surface area (Å²) in [6.07, 6.45) is 1.73. The van der Waals surface area contributed by atoms with E-state index in [9.17, 15) is 9.50 Å². The molecule has 2 atom stereocenters. The third-order valence-electron chi connectivity index (χ3n) is 4.19. The van der Waals surface area contributed by atoms with E-state index in [0.29, 0.717) is 5.56 Å². The van der Waals surface area contributed by atoms with Gasteiger partial charge in [-0.15, -0.1) is 0 Å². The predicted molar refractivity (Wildman–Crippen MR) is 75.4 cm³/mol. The monoisotopic (exact) mass is 265 g/mol. The Bertz CT molecular complexity index is 401. The van der Waals surface area contributed by atoms with Crippen molar-refractivity contribution < 1.29 is 9.50 Å². The standard InChI is InChI=1S/C16H24FNO/c1-12-7-9-18(10-8-12)11-13(2)16(19)14-5-3-4-6-15(14)17/h3-6,12-13,16,19H,7-11H2,1-2H3. The Labute approximate surface area is 115 Å². The van der Waals surface area contributed by atoms with Gasteiger partial charge in [0.2, 0.25) is 0 Å². The van der Waals surface area contributed by atoms with Gasteiger partial charge < -0.3 is 10.0 Å². The third-order valence-corrected chi connectivity index (χ3v) is 4.19. The zero-order valence-electron chi connectivity index (χ0n) is 11.8. The Morgan fingerprint density at radius 2 is 1.95 bits per heavy atom. The lowest BCUT2D eigenvalue weighted by Gasteiger charge is -2.33. The summed E-state index contributed by atoms with van der Waals surface area (Å²) in [7, 11) is 0. The first kappa shape index (κ1) is 14.5. The number of aliphatic hydroxyl groups excluding tert-OH is 1. The normalized spacial score (nSPS) is 21.3. The molecule has 2 rings (SSSR count). The zero-order chi connectivity index (χ0) is 13.8. The summed E-state index contributed by atoms with van der Waals surface area (Å²) in [5.41, 5.74) is 0.417. The van der Waals surface area contributed by atoms with E-state index in [-0.39, 0.29) is 11.7 Å². The maximum atomic E-state index is 13.7. The minimum Gasteiger partial charge on any atom is -0.388 e. The Hall–Kier alpha value is -0.930. The molecule has 106 valence electrons. The van der Waals surface area contributed by atoms with Gasteiger partial charge in [-0.05, 0) is 43.8 Å². The van der Waals surface area contributed by atoms with Crippen molar-refractivity contribution in [2.24, 2.45) is 11.8 Å². The van der Waals surface area contributed by atoms with Crippen LogP contribution < -0.4 is 0 Å². The molecule has 0 aromatic heterocycles. The van der Waals surface area contributed by atoms with Crippen molar-refractivity contribution in [2.45, 2.75) is 32.8 Å². The summed E-state index contributed by atoms with van der Waals surface area (Å²) < 4.78 is 13.7. The van der Waals surface area contributed by atoms with Crippen LogP contribution in [0.3, 0.4) is 0 Å². The average molecular weight is 265 g/mol. The second kappa shape index (κ2) is 6.49. The molecule has 3 heteroatoms. The van der Waals surface area contributed by atoms with Gasteiger partial charge in [-0.25, -0.2) is 4.39 Å². The second-order valence-electron chi connectivity index (χ2n) is 5.93. The molecule has 0 amide bonds. The number of hydrogen-bond acceptors (Lipinski definition) is 2. The molecule has 1 heterocycles. The topological polar surface area (TPSA) is 23.5 Å². The van der Waals surface area contributed by atoms with Gasteiger partial charge in [0.25, 0.3) is 0 Å². The lowest BCUT2D eigenvalue weighted by atomic mass is 9.94. The minimum atomic E-state index is -0.722. The van der Waals surface area contributed by atoms with Gasteiger partial charge >= 0.3 is 0 Å². The molecule has 0 aliphatic carbocycles. The fraction of sp³-hybridized carbons (Fsp3) is 0.625. The predicted octanol–water partition coefficient (Wildman–Crippen LogP) is 3.23. The van der Waals surface area contributed by atoms with Crippen LogP contribution in [0.4, 0.5) is 4.39 Å². The lowest BCUT2D eigenvalue weighted by molar-refractivity contribution is 0.0741. The summed E-state index contributed by atoms with van der Waals surface area (Å²) in [5, 5.41) is 10.3. The number of aliphatic hydroxyl groups is 1.